The minimum Gasteiger partial charge on any atom is -0.476 e. The van der Waals surface area contributed by atoms with Gasteiger partial charge in [-0.3, -0.25) is 0 Å². The summed E-state index contributed by atoms with van der Waals surface area (Å²) in [6, 6.07) is 6.96. The number of rotatable bonds is 5. The lowest BCUT2D eigenvalue weighted by molar-refractivity contribution is 0.0691. The van der Waals surface area contributed by atoms with Gasteiger partial charge < -0.3 is 10.0 Å². The van der Waals surface area contributed by atoms with Gasteiger partial charge in [0, 0.05) is 17.1 Å². The van der Waals surface area contributed by atoms with Crippen LogP contribution in [0.15, 0.2) is 24.3 Å². The first-order chi connectivity index (χ1) is 9.49. The van der Waals surface area contributed by atoms with Crippen LogP contribution in [0.1, 0.15) is 10.5 Å². The average Bonchev–Trinajstić information content (AvgIpc) is 2.81. The summed E-state index contributed by atoms with van der Waals surface area (Å²) in [6.45, 7) is 1.30. The summed E-state index contributed by atoms with van der Waals surface area (Å²) in [5.41, 5.74) is 1.18. The molecule has 7 heteroatoms. The predicted molar refractivity (Wildman–Crippen MR) is 76.0 cm³/mol. The molecule has 0 aliphatic carbocycles. The first-order valence-corrected chi connectivity index (χ1v) is 6.44. The summed E-state index contributed by atoms with van der Waals surface area (Å²) < 4.78 is 1.60. The van der Waals surface area contributed by atoms with Gasteiger partial charge in [-0.15, -0.1) is 5.10 Å². The van der Waals surface area contributed by atoms with Gasteiger partial charge in [0.05, 0.1) is 6.54 Å². The van der Waals surface area contributed by atoms with E-state index in [1.165, 1.54) is 0 Å². The van der Waals surface area contributed by atoms with Crippen molar-refractivity contribution in [1.82, 2.24) is 19.9 Å². The predicted octanol–water partition coefficient (Wildman–Crippen LogP) is 1.86. The van der Waals surface area contributed by atoms with Crippen molar-refractivity contribution in [2.45, 2.75) is 6.54 Å². The van der Waals surface area contributed by atoms with E-state index in [0.717, 1.165) is 12.1 Å². The molecule has 0 aliphatic rings. The molecule has 0 fully saturated rings. The number of carboxylic acid groups (broad SMARTS) is 1. The van der Waals surface area contributed by atoms with Crippen LogP contribution in [-0.4, -0.2) is 51.6 Å². The second-order valence-electron chi connectivity index (χ2n) is 4.63. The summed E-state index contributed by atoms with van der Waals surface area (Å²) >= 11 is 5.86. The van der Waals surface area contributed by atoms with Gasteiger partial charge in [-0.1, -0.05) is 28.9 Å². The Balaban J connectivity index is 2.44. The Morgan fingerprint density at radius 1 is 1.35 bits per heavy atom. The van der Waals surface area contributed by atoms with Crippen LogP contribution in [0.3, 0.4) is 0 Å². The number of nitrogens with zero attached hydrogens (tertiary/aromatic N) is 4. The first-order valence-electron chi connectivity index (χ1n) is 6.06. The third-order valence-electron chi connectivity index (χ3n) is 2.81. The normalized spacial score (nSPS) is 11.0. The van der Waals surface area contributed by atoms with Crippen molar-refractivity contribution in [2.75, 3.05) is 20.6 Å². The summed E-state index contributed by atoms with van der Waals surface area (Å²) in [4.78, 5) is 13.3. The highest BCUT2D eigenvalue weighted by Crippen LogP contribution is 2.24. The quantitative estimate of drug-likeness (QED) is 0.911. The molecule has 0 radical (unpaired) electrons. The van der Waals surface area contributed by atoms with Crippen molar-refractivity contribution in [3.63, 3.8) is 0 Å². The van der Waals surface area contributed by atoms with E-state index in [2.05, 4.69) is 10.3 Å². The molecule has 0 saturated heterocycles. The molecule has 6 nitrogen and oxygen atoms in total. The van der Waals surface area contributed by atoms with Crippen LogP contribution < -0.4 is 0 Å². The zero-order chi connectivity index (χ0) is 14.7. The molecule has 0 amide bonds. The van der Waals surface area contributed by atoms with E-state index in [1.807, 2.05) is 19.0 Å². The molecule has 20 heavy (non-hydrogen) atoms. The monoisotopic (exact) mass is 294 g/mol. The van der Waals surface area contributed by atoms with Crippen molar-refractivity contribution in [3.8, 4) is 11.3 Å². The summed E-state index contributed by atoms with van der Waals surface area (Å²) in [6.07, 6.45) is 0. The number of benzene rings is 1. The molecule has 0 aliphatic heterocycles. The molecule has 1 heterocycles. The van der Waals surface area contributed by atoms with Gasteiger partial charge in [0.15, 0.2) is 5.69 Å². The van der Waals surface area contributed by atoms with Crippen molar-refractivity contribution in [2.24, 2.45) is 0 Å². The Hall–Kier alpha value is -1.92. The van der Waals surface area contributed by atoms with Crippen molar-refractivity contribution in [1.29, 1.82) is 0 Å². The van der Waals surface area contributed by atoms with Crippen LogP contribution in [0.5, 0.6) is 0 Å². The van der Waals surface area contributed by atoms with E-state index in [9.17, 15) is 9.90 Å². The van der Waals surface area contributed by atoms with Crippen LogP contribution in [0.25, 0.3) is 11.3 Å². The second kappa shape index (κ2) is 6.02. The fraction of sp³-hybridized carbons (Fsp3) is 0.308. The smallest absolute Gasteiger partial charge is 0.358 e. The molecule has 0 spiro atoms. The number of halogens is 1. The van der Waals surface area contributed by atoms with Crippen LogP contribution in [0.2, 0.25) is 5.02 Å². The largest absolute Gasteiger partial charge is 0.476 e. The fourth-order valence-electron chi connectivity index (χ4n) is 1.80. The third-order valence-corrected chi connectivity index (χ3v) is 3.07. The van der Waals surface area contributed by atoms with Crippen molar-refractivity contribution in [3.05, 3.63) is 35.0 Å². The molecular weight excluding hydrogens is 280 g/mol. The average molecular weight is 295 g/mol. The van der Waals surface area contributed by atoms with Crippen molar-refractivity contribution >= 4 is 17.6 Å². The van der Waals surface area contributed by atoms with E-state index in [1.54, 1.807) is 28.9 Å². The van der Waals surface area contributed by atoms with Crippen LogP contribution in [-0.2, 0) is 6.54 Å². The molecule has 0 bridgehead atoms. The van der Waals surface area contributed by atoms with E-state index >= 15 is 0 Å². The SMILES string of the molecule is CN(C)CCn1nnc(C(=O)O)c1-c1ccc(Cl)cc1. The Morgan fingerprint density at radius 2 is 2.00 bits per heavy atom. The molecule has 0 atom stereocenters. The lowest BCUT2D eigenvalue weighted by Crippen LogP contribution is -2.19. The minimum absolute atomic E-state index is 0.0499. The van der Waals surface area contributed by atoms with Crippen molar-refractivity contribution < 1.29 is 9.90 Å². The number of carbonyl (C=O) groups is 1. The second-order valence-corrected chi connectivity index (χ2v) is 5.06. The molecule has 0 saturated carbocycles. The Labute approximate surface area is 121 Å². The molecule has 2 rings (SSSR count). The highest BCUT2D eigenvalue weighted by molar-refractivity contribution is 6.30. The highest BCUT2D eigenvalue weighted by atomic mass is 35.5. The number of hydrogen-bond acceptors (Lipinski definition) is 4. The fourth-order valence-corrected chi connectivity index (χ4v) is 1.93. The Morgan fingerprint density at radius 3 is 2.55 bits per heavy atom. The molecule has 2 aromatic rings. The number of likely N-dealkylation sites (N-methyl/N-ethyl adjacent to an activating group) is 1. The van der Waals surface area contributed by atoms with Gasteiger partial charge in [0.2, 0.25) is 0 Å². The number of hydrogen-bond donors (Lipinski definition) is 1. The highest BCUT2D eigenvalue weighted by Gasteiger charge is 2.20. The van der Waals surface area contributed by atoms with Gasteiger partial charge in [0.1, 0.15) is 5.69 Å². The van der Waals surface area contributed by atoms with E-state index in [-0.39, 0.29) is 5.69 Å². The molecule has 106 valence electrons. The summed E-state index contributed by atoms with van der Waals surface area (Å²) in [7, 11) is 3.88. The Kier molecular flexibility index (Phi) is 4.36. The van der Waals surface area contributed by atoms with E-state index < -0.39 is 5.97 Å². The number of aromatic carboxylic acids is 1. The Bertz CT molecular complexity index is 607. The van der Waals surface area contributed by atoms with Crippen LogP contribution in [0.4, 0.5) is 0 Å². The minimum atomic E-state index is -1.09. The zero-order valence-corrected chi connectivity index (χ0v) is 12.0. The lowest BCUT2D eigenvalue weighted by atomic mass is 10.1. The summed E-state index contributed by atoms with van der Waals surface area (Å²) in [5.74, 6) is -1.09. The number of aromatic nitrogens is 3. The lowest BCUT2D eigenvalue weighted by Gasteiger charge is -2.11. The third kappa shape index (κ3) is 3.15. The molecule has 1 aromatic heterocycles. The maximum absolute atomic E-state index is 11.3. The summed E-state index contributed by atoms with van der Waals surface area (Å²) in [5, 5.41) is 17.5. The van der Waals surface area contributed by atoms with Gasteiger partial charge >= 0.3 is 5.97 Å². The molecular formula is C13H15ClN4O2. The van der Waals surface area contributed by atoms with Gasteiger partial charge in [0.25, 0.3) is 0 Å². The topological polar surface area (TPSA) is 71.2 Å². The molecule has 0 unspecified atom stereocenters. The zero-order valence-electron chi connectivity index (χ0n) is 11.2. The standard InChI is InChI=1S/C13H15ClN4O2/c1-17(2)7-8-18-12(11(13(19)20)15-16-18)9-3-5-10(14)6-4-9/h3-6H,7-8H2,1-2H3,(H,19,20). The van der Waals surface area contributed by atoms with Gasteiger partial charge in [-0.05, 0) is 26.2 Å². The van der Waals surface area contributed by atoms with Crippen LogP contribution in [0, 0.1) is 0 Å². The molecule has 1 N–H and O–H groups in total. The van der Waals surface area contributed by atoms with Gasteiger partial charge in [-0.25, -0.2) is 9.48 Å². The first kappa shape index (κ1) is 14.5. The maximum Gasteiger partial charge on any atom is 0.358 e. The van der Waals surface area contributed by atoms with Crippen LogP contribution >= 0.6 is 11.6 Å². The molecule has 1 aromatic carbocycles. The van der Waals surface area contributed by atoms with E-state index in [4.69, 9.17) is 11.6 Å². The van der Waals surface area contributed by atoms with Gasteiger partial charge in [-0.2, -0.15) is 0 Å². The van der Waals surface area contributed by atoms with E-state index in [0.29, 0.717) is 17.3 Å². The maximum atomic E-state index is 11.3. The number of carboxylic acids is 1.